The molecule has 4 aromatic rings. The minimum Gasteiger partial charge on any atom is -0.493 e. The van der Waals surface area contributed by atoms with Crippen LogP contribution in [0.25, 0.3) is 16.0 Å². The minimum absolute atomic E-state index is 0.324. The lowest BCUT2D eigenvalue weighted by Gasteiger charge is -2.18. The fraction of sp³-hybridized carbons (Fsp3) is 0.280. The largest absolute Gasteiger partial charge is 0.493 e. The maximum atomic E-state index is 12.6. The number of thiophene rings is 1. The summed E-state index contributed by atoms with van der Waals surface area (Å²) in [5.41, 5.74) is 2.23. The van der Waals surface area contributed by atoms with Crippen LogP contribution in [-0.4, -0.2) is 48.8 Å². The molecule has 1 atom stereocenters. The molecule has 36 heavy (non-hydrogen) atoms. The average molecular weight is 596 g/mol. The highest BCUT2D eigenvalue weighted by Crippen LogP contribution is 2.40. The summed E-state index contributed by atoms with van der Waals surface area (Å²) in [7, 11) is 4.48. The van der Waals surface area contributed by atoms with E-state index in [-0.39, 0.29) is 0 Å². The van der Waals surface area contributed by atoms with E-state index in [1.165, 1.54) is 18.4 Å². The fourth-order valence-corrected chi connectivity index (χ4v) is 5.16. The Kier molecular flexibility index (Phi) is 8.28. The first-order valence-corrected chi connectivity index (χ1v) is 13.2. The molecule has 0 aliphatic carbocycles. The molecule has 0 amide bonds. The van der Waals surface area contributed by atoms with Gasteiger partial charge in [-0.15, -0.1) is 11.3 Å². The Labute approximate surface area is 225 Å². The predicted octanol–water partition coefficient (Wildman–Crippen LogP) is 6.46. The molecular formula is C25H24BrClN2O6S. The zero-order valence-electron chi connectivity index (χ0n) is 20.0. The first-order chi connectivity index (χ1) is 17.4. The molecule has 0 saturated heterocycles. The zero-order chi connectivity index (χ0) is 25.8. The Morgan fingerprint density at radius 2 is 1.86 bits per heavy atom. The molecule has 11 heteroatoms. The summed E-state index contributed by atoms with van der Waals surface area (Å²) < 4.78 is 29.6. The van der Waals surface area contributed by atoms with Crippen LogP contribution in [0.3, 0.4) is 0 Å². The summed E-state index contributed by atoms with van der Waals surface area (Å²) >= 11 is 11.2. The first kappa shape index (κ1) is 26.1. The smallest absolute Gasteiger partial charge is 0.351 e. The molecule has 0 aliphatic rings. The number of aromatic nitrogens is 2. The Morgan fingerprint density at radius 1 is 1.11 bits per heavy atom. The number of rotatable bonds is 10. The van der Waals surface area contributed by atoms with Crippen molar-refractivity contribution in [3.63, 3.8) is 0 Å². The SMILES string of the molecule is COC(=O)c1sc(-n2cnc3cc(OC)c(OC)cc32)cc1O[C@H](C)c1cccc(OCCBr)c1Cl. The second-order valence-corrected chi connectivity index (χ2v) is 9.74. The van der Waals surface area contributed by atoms with Gasteiger partial charge in [0.2, 0.25) is 0 Å². The molecule has 2 aromatic carbocycles. The Morgan fingerprint density at radius 3 is 2.56 bits per heavy atom. The van der Waals surface area contributed by atoms with E-state index < -0.39 is 12.1 Å². The zero-order valence-corrected chi connectivity index (χ0v) is 23.2. The normalized spacial score (nSPS) is 11.8. The lowest BCUT2D eigenvalue weighted by molar-refractivity contribution is 0.0600. The van der Waals surface area contributed by atoms with Crippen LogP contribution in [0.4, 0.5) is 0 Å². The van der Waals surface area contributed by atoms with E-state index in [1.54, 1.807) is 38.7 Å². The minimum atomic E-state index is -0.502. The number of ether oxygens (including phenoxy) is 5. The van der Waals surface area contributed by atoms with Crippen molar-refractivity contribution in [2.24, 2.45) is 0 Å². The first-order valence-electron chi connectivity index (χ1n) is 10.9. The van der Waals surface area contributed by atoms with Crippen molar-refractivity contribution in [2.75, 3.05) is 33.3 Å². The van der Waals surface area contributed by atoms with Crippen LogP contribution in [-0.2, 0) is 4.74 Å². The number of carbonyl (C=O) groups excluding carboxylic acids is 1. The van der Waals surface area contributed by atoms with Crippen molar-refractivity contribution in [3.05, 3.63) is 58.2 Å². The number of halogens is 2. The summed E-state index contributed by atoms with van der Waals surface area (Å²) in [5, 5.41) is 1.86. The monoisotopic (exact) mass is 594 g/mol. The predicted molar refractivity (Wildman–Crippen MR) is 143 cm³/mol. The number of alkyl halides is 1. The molecule has 0 aliphatic heterocycles. The van der Waals surface area contributed by atoms with Gasteiger partial charge < -0.3 is 23.7 Å². The van der Waals surface area contributed by atoms with Crippen LogP contribution >= 0.6 is 38.9 Å². The van der Waals surface area contributed by atoms with Crippen molar-refractivity contribution in [1.29, 1.82) is 0 Å². The maximum absolute atomic E-state index is 12.6. The van der Waals surface area contributed by atoms with Crippen LogP contribution in [0.5, 0.6) is 23.0 Å². The van der Waals surface area contributed by atoms with Crippen LogP contribution in [0.1, 0.15) is 28.3 Å². The number of benzene rings is 2. The quantitative estimate of drug-likeness (QED) is 0.154. The molecule has 0 spiro atoms. The number of imidazole rings is 1. The molecule has 0 radical (unpaired) electrons. The van der Waals surface area contributed by atoms with Gasteiger partial charge in [-0.3, -0.25) is 4.57 Å². The molecule has 190 valence electrons. The maximum Gasteiger partial charge on any atom is 0.351 e. The summed E-state index contributed by atoms with van der Waals surface area (Å²) in [4.78, 5) is 17.4. The van der Waals surface area contributed by atoms with E-state index in [0.717, 1.165) is 11.1 Å². The third-order valence-electron chi connectivity index (χ3n) is 5.42. The van der Waals surface area contributed by atoms with Gasteiger partial charge in [-0.1, -0.05) is 39.7 Å². The molecule has 0 fully saturated rings. The summed E-state index contributed by atoms with van der Waals surface area (Å²) in [6, 6.07) is 10.9. The highest BCUT2D eigenvalue weighted by molar-refractivity contribution is 9.09. The molecule has 0 N–H and O–H groups in total. The number of nitrogens with zero attached hydrogens (tertiary/aromatic N) is 2. The molecule has 0 saturated carbocycles. The summed E-state index contributed by atoms with van der Waals surface area (Å²) in [6.45, 7) is 2.34. The van der Waals surface area contributed by atoms with Gasteiger partial charge in [0.05, 0.1) is 44.0 Å². The van der Waals surface area contributed by atoms with Gasteiger partial charge in [0.1, 0.15) is 28.9 Å². The number of fused-ring (bicyclic) bond motifs is 1. The van der Waals surface area contributed by atoms with Crippen LogP contribution in [0.15, 0.2) is 42.7 Å². The van der Waals surface area contributed by atoms with Crippen molar-refractivity contribution in [2.45, 2.75) is 13.0 Å². The molecule has 0 unspecified atom stereocenters. The standard InChI is InChI=1S/C25H24BrClN2O6S/c1-14(15-6-5-7-18(23(15)27)34-9-8-26)35-21-12-22(36-24(21)25(30)33-4)29-13-28-16-10-19(31-2)20(32-3)11-17(16)29/h5-7,10-14H,8-9H2,1-4H3/t14-/m1/s1. The highest BCUT2D eigenvalue weighted by atomic mass is 79.9. The van der Waals surface area contributed by atoms with Gasteiger partial charge in [0.15, 0.2) is 16.4 Å². The number of hydrogen-bond donors (Lipinski definition) is 0. The molecular weight excluding hydrogens is 572 g/mol. The van der Waals surface area contributed by atoms with Crippen molar-refractivity contribution in [3.8, 4) is 28.0 Å². The van der Waals surface area contributed by atoms with E-state index in [4.69, 9.17) is 35.3 Å². The third-order valence-corrected chi connectivity index (χ3v) is 7.24. The van der Waals surface area contributed by atoms with Crippen molar-refractivity contribution >= 4 is 55.9 Å². The lowest BCUT2D eigenvalue weighted by Crippen LogP contribution is -2.08. The van der Waals surface area contributed by atoms with Gasteiger partial charge in [-0.25, -0.2) is 9.78 Å². The van der Waals surface area contributed by atoms with Gasteiger partial charge in [-0.05, 0) is 13.0 Å². The second kappa shape index (κ2) is 11.4. The van der Waals surface area contributed by atoms with Crippen molar-refractivity contribution < 1.29 is 28.5 Å². The number of esters is 1. The molecule has 0 bridgehead atoms. The van der Waals surface area contributed by atoms with Crippen LogP contribution in [0, 0.1) is 0 Å². The average Bonchev–Trinajstić information content (AvgIpc) is 3.50. The topological polar surface area (TPSA) is 81.0 Å². The van der Waals surface area contributed by atoms with E-state index >= 15 is 0 Å². The third kappa shape index (κ3) is 5.11. The van der Waals surface area contributed by atoms with Gasteiger partial charge in [0.25, 0.3) is 0 Å². The number of methoxy groups -OCH3 is 3. The van der Waals surface area contributed by atoms with Gasteiger partial charge in [-0.2, -0.15) is 0 Å². The van der Waals surface area contributed by atoms with E-state index in [2.05, 4.69) is 20.9 Å². The van der Waals surface area contributed by atoms with Crippen LogP contribution < -0.4 is 18.9 Å². The van der Waals surface area contributed by atoms with E-state index in [0.29, 0.717) is 55.4 Å². The number of carbonyl (C=O) groups is 1. The molecule has 8 nitrogen and oxygen atoms in total. The fourth-order valence-electron chi connectivity index (χ4n) is 3.67. The lowest BCUT2D eigenvalue weighted by atomic mass is 10.1. The molecule has 4 rings (SSSR count). The Balaban J connectivity index is 1.72. The Hall–Kier alpha value is -2.95. The summed E-state index contributed by atoms with van der Waals surface area (Å²) in [5.74, 6) is 1.58. The highest BCUT2D eigenvalue weighted by Gasteiger charge is 2.24. The van der Waals surface area contributed by atoms with Crippen molar-refractivity contribution in [1.82, 2.24) is 9.55 Å². The summed E-state index contributed by atoms with van der Waals surface area (Å²) in [6.07, 6.45) is 1.20. The van der Waals surface area contributed by atoms with E-state index in [9.17, 15) is 4.79 Å². The Bertz CT molecular complexity index is 1390. The van der Waals surface area contributed by atoms with Gasteiger partial charge >= 0.3 is 5.97 Å². The molecule has 2 aromatic heterocycles. The van der Waals surface area contributed by atoms with Gasteiger partial charge in [0, 0.05) is 29.1 Å². The number of hydrogen-bond acceptors (Lipinski definition) is 8. The second-order valence-electron chi connectivity index (χ2n) is 7.54. The molecule has 2 heterocycles. The van der Waals surface area contributed by atoms with E-state index in [1.807, 2.05) is 29.7 Å². The van der Waals surface area contributed by atoms with Crippen LogP contribution in [0.2, 0.25) is 5.02 Å².